The Morgan fingerprint density at radius 3 is 1.80 bits per heavy atom. The molecule has 1 heterocycles. The van der Waals surface area contributed by atoms with Crippen molar-refractivity contribution in [3.63, 3.8) is 0 Å². The second-order valence-electron chi connectivity index (χ2n) is 6.84. The van der Waals surface area contributed by atoms with Gasteiger partial charge in [0, 0.05) is 33.3 Å². The second kappa shape index (κ2) is 11.3. The van der Waals surface area contributed by atoms with E-state index in [1.807, 2.05) is 54.6 Å². The van der Waals surface area contributed by atoms with Crippen molar-refractivity contribution in [2.24, 2.45) is 0 Å². The van der Waals surface area contributed by atoms with Gasteiger partial charge in [0.25, 0.3) is 0 Å². The molecule has 4 nitrogen and oxygen atoms in total. The molecule has 0 aliphatic rings. The minimum Gasteiger partial charge on any atom is -0.481 e. The minimum atomic E-state index is -0.730. The number of unbranched alkanes of at least 4 members (excludes halogenated alkanes) is 3. The average molecular weight is 461 g/mol. The first kappa shape index (κ1) is 22.6. The number of aromatic nitrogens is 2. The zero-order valence-electron chi connectivity index (χ0n) is 16.4. The Hall–Kier alpha value is -2.08. The fourth-order valence-electron chi connectivity index (χ4n) is 2.92. The van der Waals surface area contributed by atoms with Crippen molar-refractivity contribution in [2.45, 2.75) is 37.3 Å². The third-order valence-electron chi connectivity index (χ3n) is 4.50. The van der Waals surface area contributed by atoms with Gasteiger partial charge in [-0.15, -0.1) is 0 Å². The summed E-state index contributed by atoms with van der Waals surface area (Å²) in [6.45, 7) is 0. The number of nitrogens with zero attached hydrogens (tertiary/aromatic N) is 2. The first-order valence-electron chi connectivity index (χ1n) is 9.77. The van der Waals surface area contributed by atoms with Crippen LogP contribution in [0.15, 0.2) is 59.8 Å². The van der Waals surface area contributed by atoms with E-state index in [2.05, 4.69) is 0 Å². The maximum absolute atomic E-state index is 10.6. The third kappa shape index (κ3) is 7.01. The summed E-state index contributed by atoms with van der Waals surface area (Å²) in [7, 11) is 0. The van der Waals surface area contributed by atoms with Crippen molar-refractivity contribution < 1.29 is 9.90 Å². The summed E-state index contributed by atoms with van der Waals surface area (Å²) >= 11 is 13.7. The summed E-state index contributed by atoms with van der Waals surface area (Å²) in [6.07, 6.45) is 3.89. The van der Waals surface area contributed by atoms with Gasteiger partial charge in [0.1, 0.15) is 0 Å². The second-order valence-corrected chi connectivity index (χ2v) is 8.78. The fraction of sp³-hybridized carbons (Fsp3) is 0.261. The first-order chi connectivity index (χ1) is 14.5. The number of hydrogen-bond acceptors (Lipinski definition) is 4. The van der Waals surface area contributed by atoms with Crippen LogP contribution in [0, 0.1) is 0 Å². The predicted octanol–water partition coefficient (Wildman–Crippen LogP) is 7.24. The summed E-state index contributed by atoms with van der Waals surface area (Å²) in [4.78, 5) is 20.0. The van der Waals surface area contributed by atoms with Crippen LogP contribution in [-0.4, -0.2) is 26.8 Å². The van der Waals surface area contributed by atoms with E-state index in [0.29, 0.717) is 10.0 Å². The van der Waals surface area contributed by atoms with E-state index in [4.69, 9.17) is 38.3 Å². The maximum Gasteiger partial charge on any atom is 0.303 e. The van der Waals surface area contributed by atoms with E-state index in [0.717, 1.165) is 59.1 Å². The normalized spacial score (nSPS) is 10.9. The van der Waals surface area contributed by atoms with Gasteiger partial charge in [-0.05, 0) is 43.2 Å². The molecule has 3 aromatic rings. The molecule has 0 unspecified atom stereocenters. The summed E-state index contributed by atoms with van der Waals surface area (Å²) < 4.78 is 0. The number of aliphatic carboxylic acids is 1. The largest absolute Gasteiger partial charge is 0.481 e. The van der Waals surface area contributed by atoms with Crippen molar-refractivity contribution in [1.29, 1.82) is 0 Å². The summed E-state index contributed by atoms with van der Waals surface area (Å²) in [6, 6.07) is 17.2. The van der Waals surface area contributed by atoms with Crippen LogP contribution in [0.25, 0.3) is 22.5 Å². The molecule has 0 atom stereocenters. The van der Waals surface area contributed by atoms with Crippen LogP contribution >= 0.6 is 35.0 Å². The number of carboxylic acid groups (broad SMARTS) is 1. The lowest BCUT2D eigenvalue weighted by atomic mass is 10.1. The van der Waals surface area contributed by atoms with Crippen LogP contribution < -0.4 is 0 Å². The van der Waals surface area contributed by atoms with Crippen LogP contribution in [0.1, 0.15) is 32.1 Å². The standard InChI is InChI=1S/C23H22Cl2N2O2S/c24-18-10-6-16(7-11-18)20-15-21(17-8-12-19(25)13-9-17)27-23(26-20)30-14-4-2-1-3-5-22(28)29/h6-13,15H,1-5,14H2,(H,28,29). The molecule has 3 rings (SSSR count). The molecule has 156 valence electrons. The van der Waals surface area contributed by atoms with Gasteiger partial charge in [0.05, 0.1) is 11.4 Å². The van der Waals surface area contributed by atoms with Gasteiger partial charge < -0.3 is 5.11 Å². The Morgan fingerprint density at radius 2 is 1.30 bits per heavy atom. The van der Waals surface area contributed by atoms with Crippen molar-refractivity contribution in [3.8, 4) is 22.5 Å². The topological polar surface area (TPSA) is 63.1 Å². The van der Waals surface area contributed by atoms with E-state index >= 15 is 0 Å². The highest BCUT2D eigenvalue weighted by Crippen LogP contribution is 2.29. The SMILES string of the molecule is O=C(O)CCCCCCSc1nc(-c2ccc(Cl)cc2)cc(-c2ccc(Cl)cc2)n1. The molecule has 7 heteroatoms. The zero-order chi connectivity index (χ0) is 21.3. The van der Waals surface area contributed by atoms with Gasteiger partial charge in [-0.25, -0.2) is 9.97 Å². The van der Waals surface area contributed by atoms with Crippen molar-refractivity contribution in [2.75, 3.05) is 5.75 Å². The smallest absolute Gasteiger partial charge is 0.303 e. The maximum atomic E-state index is 10.6. The fourth-order valence-corrected chi connectivity index (χ4v) is 4.03. The van der Waals surface area contributed by atoms with Crippen LogP contribution in [0.3, 0.4) is 0 Å². The molecule has 0 spiro atoms. The summed E-state index contributed by atoms with van der Waals surface area (Å²) in [5, 5.41) is 10.8. The number of carbonyl (C=O) groups is 1. The molecule has 0 radical (unpaired) electrons. The van der Waals surface area contributed by atoms with E-state index in [1.54, 1.807) is 11.8 Å². The lowest BCUT2D eigenvalue weighted by molar-refractivity contribution is -0.137. The van der Waals surface area contributed by atoms with E-state index in [9.17, 15) is 4.79 Å². The van der Waals surface area contributed by atoms with Gasteiger partial charge in [-0.2, -0.15) is 0 Å². The predicted molar refractivity (Wildman–Crippen MR) is 124 cm³/mol. The molecule has 0 aliphatic heterocycles. The molecule has 0 bridgehead atoms. The highest BCUT2D eigenvalue weighted by atomic mass is 35.5. The van der Waals surface area contributed by atoms with Crippen LogP contribution in [0.2, 0.25) is 10.0 Å². The highest BCUT2D eigenvalue weighted by Gasteiger charge is 2.10. The Balaban J connectivity index is 1.73. The van der Waals surface area contributed by atoms with Crippen molar-refractivity contribution in [1.82, 2.24) is 9.97 Å². The first-order valence-corrected chi connectivity index (χ1v) is 11.5. The molecular weight excluding hydrogens is 439 g/mol. The molecule has 0 aliphatic carbocycles. The monoisotopic (exact) mass is 460 g/mol. The van der Waals surface area contributed by atoms with Gasteiger partial charge in [0.15, 0.2) is 5.16 Å². The molecule has 0 amide bonds. The highest BCUT2D eigenvalue weighted by molar-refractivity contribution is 7.99. The number of carboxylic acids is 1. The lowest BCUT2D eigenvalue weighted by Gasteiger charge is -2.09. The van der Waals surface area contributed by atoms with E-state index < -0.39 is 5.97 Å². The number of halogens is 2. The molecule has 0 saturated carbocycles. The average Bonchev–Trinajstić information content (AvgIpc) is 2.73. The van der Waals surface area contributed by atoms with E-state index in [-0.39, 0.29) is 6.42 Å². The quantitative estimate of drug-likeness (QED) is 0.196. The Morgan fingerprint density at radius 1 is 0.800 bits per heavy atom. The van der Waals surface area contributed by atoms with Crippen LogP contribution in [-0.2, 0) is 4.79 Å². The Bertz CT molecular complexity index is 916. The van der Waals surface area contributed by atoms with Gasteiger partial charge in [0.2, 0.25) is 0 Å². The molecule has 30 heavy (non-hydrogen) atoms. The van der Waals surface area contributed by atoms with Crippen molar-refractivity contribution in [3.05, 3.63) is 64.6 Å². The van der Waals surface area contributed by atoms with Gasteiger partial charge in [-0.1, -0.05) is 72.1 Å². The number of benzene rings is 2. The van der Waals surface area contributed by atoms with E-state index in [1.165, 1.54) is 0 Å². The molecule has 0 fully saturated rings. The zero-order valence-corrected chi connectivity index (χ0v) is 18.7. The molecule has 2 aromatic carbocycles. The van der Waals surface area contributed by atoms with Gasteiger partial charge >= 0.3 is 5.97 Å². The minimum absolute atomic E-state index is 0.240. The third-order valence-corrected chi connectivity index (χ3v) is 5.94. The molecule has 1 N–H and O–H groups in total. The summed E-state index contributed by atoms with van der Waals surface area (Å²) in [5.41, 5.74) is 3.64. The number of hydrogen-bond donors (Lipinski definition) is 1. The lowest BCUT2D eigenvalue weighted by Crippen LogP contribution is -1.96. The molecule has 0 saturated heterocycles. The van der Waals surface area contributed by atoms with Crippen molar-refractivity contribution >= 4 is 40.9 Å². The van der Waals surface area contributed by atoms with Crippen LogP contribution in [0.4, 0.5) is 0 Å². The van der Waals surface area contributed by atoms with Crippen LogP contribution in [0.5, 0.6) is 0 Å². The Labute approximate surface area is 190 Å². The molecular formula is C23H22Cl2N2O2S. The Kier molecular flexibility index (Phi) is 8.55. The number of thioether (sulfide) groups is 1. The van der Waals surface area contributed by atoms with Gasteiger partial charge in [-0.3, -0.25) is 4.79 Å². The number of rotatable bonds is 10. The summed E-state index contributed by atoms with van der Waals surface area (Å²) in [5.74, 6) is 0.156. The molecule has 1 aromatic heterocycles.